The number of carbonyl (C=O) groups excluding carboxylic acids is 2. The topological polar surface area (TPSA) is 58.2 Å². The first-order valence-corrected chi connectivity index (χ1v) is 9.83. The maximum atomic E-state index is 13.1. The number of hydrogen-bond acceptors (Lipinski definition) is 3. The van der Waals surface area contributed by atoms with Crippen molar-refractivity contribution in [1.29, 1.82) is 0 Å². The van der Waals surface area contributed by atoms with Gasteiger partial charge in [-0.15, -0.1) is 11.3 Å². The fraction of sp³-hybridized carbons (Fsp3) is 0.0526. The normalized spacial score (nSPS) is 10.6. The van der Waals surface area contributed by atoms with Crippen molar-refractivity contribution in [3.05, 3.63) is 79.4 Å². The molecule has 0 fully saturated rings. The van der Waals surface area contributed by atoms with E-state index in [0.717, 1.165) is 23.5 Å². The van der Waals surface area contributed by atoms with Gasteiger partial charge in [-0.25, -0.2) is 4.39 Å². The molecule has 0 saturated carbocycles. The van der Waals surface area contributed by atoms with Crippen LogP contribution in [0.5, 0.6) is 0 Å². The molecule has 0 radical (unpaired) electrons. The minimum Gasteiger partial charge on any atom is -0.320 e. The number of carbonyl (C=O) groups is 2. The summed E-state index contributed by atoms with van der Waals surface area (Å²) in [5.74, 6) is -1.40. The summed E-state index contributed by atoms with van der Waals surface area (Å²) in [5, 5.41) is 6.61. The molecule has 0 aliphatic heterocycles. The van der Waals surface area contributed by atoms with E-state index < -0.39 is 11.7 Å². The number of benzene rings is 2. The molecule has 0 spiro atoms. The molecule has 9 heteroatoms. The Balaban J connectivity index is 1.77. The third-order valence-corrected chi connectivity index (χ3v) is 5.73. The van der Waals surface area contributed by atoms with Crippen LogP contribution < -0.4 is 10.6 Å². The molecule has 0 aliphatic rings. The van der Waals surface area contributed by atoms with E-state index in [-0.39, 0.29) is 16.5 Å². The highest BCUT2D eigenvalue weighted by Gasteiger charge is 2.18. The van der Waals surface area contributed by atoms with E-state index in [1.165, 1.54) is 12.1 Å². The van der Waals surface area contributed by atoms with Crippen molar-refractivity contribution in [2.75, 3.05) is 10.6 Å². The molecule has 2 aromatic carbocycles. The van der Waals surface area contributed by atoms with E-state index in [4.69, 9.17) is 34.8 Å². The molecule has 28 heavy (non-hydrogen) atoms. The Morgan fingerprint density at radius 1 is 0.929 bits per heavy atom. The van der Waals surface area contributed by atoms with Crippen LogP contribution in [0.1, 0.15) is 25.6 Å². The molecule has 3 aromatic rings. The van der Waals surface area contributed by atoms with E-state index in [1.807, 2.05) is 0 Å². The SMILES string of the molecule is Cc1cc(NC(=O)c2ccc(F)cc2Cl)sc1C(=O)Nc1ccc(Cl)cc1Cl. The Morgan fingerprint density at radius 2 is 1.68 bits per heavy atom. The van der Waals surface area contributed by atoms with Crippen LogP contribution >= 0.6 is 46.1 Å². The third kappa shape index (κ3) is 4.64. The van der Waals surface area contributed by atoms with Gasteiger partial charge in [0, 0.05) is 5.02 Å². The standard InChI is InChI=1S/C19H12Cl3FN2O2S/c1-9-6-16(25-18(26)12-4-3-11(23)8-13(12)21)28-17(9)19(27)24-15-5-2-10(20)7-14(15)22/h2-8H,1H3,(H,24,27)(H,25,26). The summed E-state index contributed by atoms with van der Waals surface area (Å²) in [5.41, 5.74) is 1.23. The van der Waals surface area contributed by atoms with E-state index in [1.54, 1.807) is 25.1 Å². The van der Waals surface area contributed by atoms with Gasteiger partial charge >= 0.3 is 0 Å². The summed E-state index contributed by atoms with van der Waals surface area (Å²) in [6.45, 7) is 1.75. The molecule has 0 saturated heterocycles. The first-order chi connectivity index (χ1) is 13.2. The van der Waals surface area contributed by atoms with Crippen molar-refractivity contribution in [2.24, 2.45) is 0 Å². The van der Waals surface area contributed by atoms with Crippen LogP contribution in [0.25, 0.3) is 0 Å². The smallest absolute Gasteiger partial charge is 0.266 e. The van der Waals surface area contributed by atoms with Crippen molar-refractivity contribution in [3.63, 3.8) is 0 Å². The predicted octanol–water partition coefficient (Wildman–Crippen LogP) is 6.66. The average molecular weight is 458 g/mol. The summed E-state index contributed by atoms with van der Waals surface area (Å²) in [7, 11) is 0. The van der Waals surface area contributed by atoms with Gasteiger partial charge in [0.15, 0.2) is 0 Å². The van der Waals surface area contributed by atoms with Crippen LogP contribution in [0.2, 0.25) is 15.1 Å². The van der Waals surface area contributed by atoms with Crippen molar-refractivity contribution in [3.8, 4) is 0 Å². The highest BCUT2D eigenvalue weighted by molar-refractivity contribution is 7.18. The minimum atomic E-state index is -0.534. The second-order valence-corrected chi connectivity index (χ2v) is 8.08. The Kier molecular flexibility index (Phi) is 6.25. The zero-order chi connectivity index (χ0) is 20.4. The van der Waals surface area contributed by atoms with E-state index >= 15 is 0 Å². The largest absolute Gasteiger partial charge is 0.320 e. The zero-order valence-corrected chi connectivity index (χ0v) is 17.4. The van der Waals surface area contributed by atoms with Crippen molar-refractivity contribution < 1.29 is 14.0 Å². The number of amides is 2. The summed E-state index contributed by atoms with van der Waals surface area (Å²) < 4.78 is 13.1. The number of anilines is 2. The predicted molar refractivity (Wildman–Crippen MR) is 113 cm³/mol. The molecule has 144 valence electrons. The van der Waals surface area contributed by atoms with E-state index in [9.17, 15) is 14.0 Å². The van der Waals surface area contributed by atoms with Gasteiger partial charge in [-0.3, -0.25) is 9.59 Å². The number of thiophene rings is 1. The van der Waals surface area contributed by atoms with Crippen LogP contribution in [-0.2, 0) is 0 Å². The highest BCUT2D eigenvalue weighted by Crippen LogP contribution is 2.30. The lowest BCUT2D eigenvalue weighted by atomic mass is 10.2. The first-order valence-electron chi connectivity index (χ1n) is 7.88. The van der Waals surface area contributed by atoms with Crippen LogP contribution in [0.4, 0.5) is 15.1 Å². The van der Waals surface area contributed by atoms with Crippen molar-refractivity contribution >= 4 is 68.6 Å². The van der Waals surface area contributed by atoms with Gasteiger partial charge < -0.3 is 10.6 Å². The molecule has 2 N–H and O–H groups in total. The lowest BCUT2D eigenvalue weighted by Crippen LogP contribution is -2.12. The van der Waals surface area contributed by atoms with Gasteiger partial charge in [-0.2, -0.15) is 0 Å². The highest BCUT2D eigenvalue weighted by atomic mass is 35.5. The van der Waals surface area contributed by atoms with Crippen LogP contribution in [-0.4, -0.2) is 11.8 Å². The summed E-state index contributed by atoms with van der Waals surface area (Å²) in [6.07, 6.45) is 0. The average Bonchev–Trinajstić information content (AvgIpc) is 2.97. The molecule has 0 aliphatic carbocycles. The van der Waals surface area contributed by atoms with Crippen molar-refractivity contribution in [1.82, 2.24) is 0 Å². The number of rotatable bonds is 4. The Hall–Kier alpha value is -2.12. The van der Waals surface area contributed by atoms with Gasteiger partial charge in [0.2, 0.25) is 0 Å². The number of aryl methyl sites for hydroxylation is 1. The summed E-state index contributed by atoms with van der Waals surface area (Å²) >= 11 is 18.9. The summed E-state index contributed by atoms with van der Waals surface area (Å²) in [6, 6.07) is 9.91. The molecule has 1 heterocycles. The fourth-order valence-electron chi connectivity index (χ4n) is 2.39. The molecular formula is C19H12Cl3FN2O2S. The third-order valence-electron chi connectivity index (χ3n) is 3.72. The van der Waals surface area contributed by atoms with Crippen LogP contribution in [0, 0.1) is 12.7 Å². The van der Waals surface area contributed by atoms with Gasteiger partial charge in [0.05, 0.1) is 31.2 Å². The molecule has 0 atom stereocenters. The molecule has 0 unspecified atom stereocenters. The number of hydrogen-bond donors (Lipinski definition) is 2. The molecule has 1 aromatic heterocycles. The maximum Gasteiger partial charge on any atom is 0.266 e. The van der Waals surface area contributed by atoms with E-state index in [2.05, 4.69) is 10.6 Å². The van der Waals surface area contributed by atoms with Gasteiger partial charge in [0.1, 0.15) is 5.82 Å². The van der Waals surface area contributed by atoms with Gasteiger partial charge in [0.25, 0.3) is 11.8 Å². The Morgan fingerprint density at radius 3 is 2.36 bits per heavy atom. The van der Waals surface area contributed by atoms with Gasteiger partial charge in [-0.1, -0.05) is 34.8 Å². The fourth-order valence-corrected chi connectivity index (χ4v) is 4.06. The quantitative estimate of drug-likeness (QED) is 0.460. The van der Waals surface area contributed by atoms with E-state index in [0.29, 0.717) is 31.2 Å². The Bertz CT molecular complexity index is 1090. The molecule has 2 amide bonds. The number of halogens is 4. The summed E-state index contributed by atoms with van der Waals surface area (Å²) in [4.78, 5) is 25.3. The monoisotopic (exact) mass is 456 g/mol. The molecule has 3 rings (SSSR count). The Labute approximate surface area is 179 Å². The molecule has 0 bridgehead atoms. The molecule has 4 nitrogen and oxygen atoms in total. The zero-order valence-electron chi connectivity index (χ0n) is 14.3. The van der Waals surface area contributed by atoms with Crippen LogP contribution in [0.15, 0.2) is 42.5 Å². The minimum absolute atomic E-state index is 0.00104. The van der Waals surface area contributed by atoms with Crippen LogP contribution in [0.3, 0.4) is 0 Å². The second-order valence-electron chi connectivity index (χ2n) is 5.78. The number of nitrogens with one attached hydrogen (secondary N) is 2. The molecular weight excluding hydrogens is 446 g/mol. The first kappa shape index (κ1) is 20.6. The second kappa shape index (κ2) is 8.49. The van der Waals surface area contributed by atoms with Gasteiger partial charge in [-0.05, 0) is 55.0 Å². The lowest BCUT2D eigenvalue weighted by molar-refractivity contribution is 0.102. The van der Waals surface area contributed by atoms with Crippen molar-refractivity contribution in [2.45, 2.75) is 6.92 Å². The lowest BCUT2D eigenvalue weighted by Gasteiger charge is -2.07. The maximum absolute atomic E-state index is 13.1.